The van der Waals surface area contributed by atoms with Crippen molar-refractivity contribution >= 4 is 0 Å². The maximum Gasteiger partial charge on any atom is 0.130 e. The minimum Gasteiger partial charge on any atom is -0.358 e. The highest BCUT2D eigenvalue weighted by atomic mass is 16.6. The number of nitrogens with zero attached hydrogens (tertiary/aromatic N) is 1. The number of epoxide rings is 1. The number of hydrogen-bond acceptors (Lipinski definition) is 2. The van der Waals surface area contributed by atoms with E-state index in [2.05, 4.69) is 11.6 Å². The Kier molecular flexibility index (Phi) is 1.47. The molecule has 1 fully saturated rings. The van der Waals surface area contributed by atoms with Crippen LogP contribution in [0.4, 0.5) is 0 Å². The molecule has 1 aromatic rings. The summed E-state index contributed by atoms with van der Waals surface area (Å²) in [6.45, 7) is 3.65. The third-order valence-corrected chi connectivity index (χ3v) is 1.74. The maximum atomic E-state index is 5.27. The van der Waals surface area contributed by atoms with Crippen LogP contribution in [0.1, 0.15) is 11.8 Å². The van der Waals surface area contributed by atoms with Crippen molar-refractivity contribution in [3.8, 4) is 0 Å². The second-order valence-corrected chi connectivity index (χ2v) is 2.51. The van der Waals surface area contributed by atoms with Gasteiger partial charge in [-0.3, -0.25) is 4.98 Å². The van der Waals surface area contributed by atoms with E-state index in [0.717, 1.165) is 5.69 Å². The SMILES string of the molecule is C=C[C@H]1O[C@@H]1c1ccccn1. The Morgan fingerprint density at radius 3 is 3.00 bits per heavy atom. The van der Waals surface area contributed by atoms with Crippen LogP contribution in [0.15, 0.2) is 37.1 Å². The zero-order chi connectivity index (χ0) is 7.68. The fourth-order valence-electron chi connectivity index (χ4n) is 1.09. The minimum absolute atomic E-state index is 0.161. The highest BCUT2D eigenvalue weighted by Crippen LogP contribution is 2.37. The molecule has 1 aliphatic rings. The fourth-order valence-corrected chi connectivity index (χ4v) is 1.09. The van der Waals surface area contributed by atoms with Crippen molar-refractivity contribution in [2.75, 3.05) is 0 Å². The van der Waals surface area contributed by atoms with Crippen molar-refractivity contribution in [1.29, 1.82) is 0 Å². The van der Waals surface area contributed by atoms with Crippen molar-refractivity contribution in [2.24, 2.45) is 0 Å². The zero-order valence-electron chi connectivity index (χ0n) is 6.10. The van der Waals surface area contributed by atoms with E-state index in [0.29, 0.717) is 0 Å². The molecule has 2 heterocycles. The molecule has 56 valence electrons. The number of aromatic nitrogens is 1. The molecule has 0 saturated carbocycles. The van der Waals surface area contributed by atoms with Gasteiger partial charge in [0.15, 0.2) is 0 Å². The monoisotopic (exact) mass is 147 g/mol. The largest absolute Gasteiger partial charge is 0.358 e. The first-order valence-corrected chi connectivity index (χ1v) is 3.61. The van der Waals surface area contributed by atoms with Crippen LogP contribution in [-0.4, -0.2) is 11.1 Å². The van der Waals surface area contributed by atoms with Crippen molar-refractivity contribution < 1.29 is 4.74 Å². The van der Waals surface area contributed by atoms with Crippen LogP contribution in [0.5, 0.6) is 0 Å². The molecule has 11 heavy (non-hydrogen) atoms. The van der Waals surface area contributed by atoms with Crippen LogP contribution in [0, 0.1) is 0 Å². The van der Waals surface area contributed by atoms with Gasteiger partial charge in [-0.05, 0) is 12.1 Å². The minimum atomic E-state index is 0.161. The van der Waals surface area contributed by atoms with Gasteiger partial charge in [-0.15, -0.1) is 6.58 Å². The second kappa shape index (κ2) is 2.47. The first-order valence-electron chi connectivity index (χ1n) is 3.61. The normalized spacial score (nSPS) is 28.0. The lowest BCUT2D eigenvalue weighted by Crippen LogP contribution is -1.86. The van der Waals surface area contributed by atoms with E-state index in [-0.39, 0.29) is 12.2 Å². The quantitative estimate of drug-likeness (QED) is 0.470. The summed E-state index contributed by atoms with van der Waals surface area (Å²) in [5, 5.41) is 0. The highest BCUT2D eigenvalue weighted by molar-refractivity contribution is 5.16. The molecule has 0 unspecified atom stereocenters. The number of ether oxygens (including phenoxy) is 1. The molecule has 1 aromatic heterocycles. The third kappa shape index (κ3) is 1.17. The Hall–Kier alpha value is -1.15. The fraction of sp³-hybridized carbons (Fsp3) is 0.222. The van der Waals surface area contributed by atoms with Gasteiger partial charge in [0.2, 0.25) is 0 Å². The summed E-state index contributed by atoms with van der Waals surface area (Å²) in [6, 6.07) is 5.83. The molecule has 1 aliphatic heterocycles. The summed E-state index contributed by atoms with van der Waals surface area (Å²) < 4.78 is 5.27. The van der Waals surface area contributed by atoms with E-state index < -0.39 is 0 Å². The Balaban J connectivity index is 2.14. The van der Waals surface area contributed by atoms with Crippen molar-refractivity contribution in [3.63, 3.8) is 0 Å². The molecule has 0 aliphatic carbocycles. The van der Waals surface area contributed by atoms with Crippen molar-refractivity contribution in [2.45, 2.75) is 12.2 Å². The smallest absolute Gasteiger partial charge is 0.130 e. The Bertz CT molecular complexity index is 258. The topological polar surface area (TPSA) is 25.4 Å². The lowest BCUT2D eigenvalue weighted by atomic mass is 10.2. The van der Waals surface area contributed by atoms with E-state index in [4.69, 9.17) is 4.74 Å². The van der Waals surface area contributed by atoms with E-state index in [1.807, 2.05) is 18.2 Å². The van der Waals surface area contributed by atoms with Gasteiger partial charge >= 0.3 is 0 Å². The standard InChI is InChI=1S/C9H9NO/c1-2-8-9(11-8)7-5-3-4-6-10-7/h2-6,8-9H,1H2/t8-,9-/m1/s1. The van der Waals surface area contributed by atoms with Gasteiger partial charge in [0.25, 0.3) is 0 Å². The van der Waals surface area contributed by atoms with Crippen molar-refractivity contribution in [3.05, 3.63) is 42.7 Å². The summed E-state index contributed by atoms with van der Waals surface area (Å²) in [4.78, 5) is 4.17. The van der Waals surface area contributed by atoms with Gasteiger partial charge in [0.1, 0.15) is 12.2 Å². The lowest BCUT2D eigenvalue weighted by molar-refractivity contribution is 0.391. The van der Waals surface area contributed by atoms with Crippen LogP contribution >= 0.6 is 0 Å². The number of pyridine rings is 1. The van der Waals surface area contributed by atoms with Crippen LogP contribution < -0.4 is 0 Å². The molecule has 0 radical (unpaired) electrons. The summed E-state index contributed by atoms with van der Waals surface area (Å²) in [6.07, 6.45) is 3.93. The summed E-state index contributed by atoms with van der Waals surface area (Å²) in [7, 11) is 0. The Morgan fingerprint density at radius 1 is 1.55 bits per heavy atom. The first kappa shape index (κ1) is 6.55. The van der Waals surface area contributed by atoms with Gasteiger partial charge in [-0.2, -0.15) is 0 Å². The Labute approximate surface area is 65.5 Å². The van der Waals surface area contributed by atoms with Gasteiger partial charge < -0.3 is 4.74 Å². The summed E-state index contributed by atoms with van der Waals surface area (Å²) in [5.74, 6) is 0. The maximum absolute atomic E-state index is 5.27. The van der Waals surface area contributed by atoms with Gasteiger partial charge in [0, 0.05) is 6.20 Å². The predicted molar refractivity (Wildman–Crippen MR) is 42.0 cm³/mol. The van der Waals surface area contributed by atoms with Crippen molar-refractivity contribution in [1.82, 2.24) is 4.98 Å². The molecule has 0 spiro atoms. The number of hydrogen-bond donors (Lipinski definition) is 0. The zero-order valence-corrected chi connectivity index (χ0v) is 6.10. The Morgan fingerprint density at radius 2 is 2.45 bits per heavy atom. The molecule has 1 saturated heterocycles. The molecule has 2 heteroatoms. The van der Waals surface area contributed by atoms with E-state index in [9.17, 15) is 0 Å². The second-order valence-electron chi connectivity index (χ2n) is 2.51. The summed E-state index contributed by atoms with van der Waals surface area (Å²) >= 11 is 0. The highest BCUT2D eigenvalue weighted by Gasteiger charge is 2.38. The van der Waals surface area contributed by atoms with E-state index >= 15 is 0 Å². The third-order valence-electron chi connectivity index (χ3n) is 1.74. The molecular formula is C9H9NO. The van der Waals surface area contributed by atoms with Gasteiger partial charge in [-0.25, -0.2) is 0 Å². The van der Waals surface area contributed by atoms with Gasteiger partial charge in [0.05, 0.1) is 5.69 Å². The van der Waals surface area contributed by atoms with E-state index in [1.165, 1.54) is 0 Å². The molecule has 0 aromatic carbocycles. The van der Waals surface area contributed by atoms with Crippen LogP contribution in [0.2, 0.25) is 0 Å². The van der Waals surface area contributed by atoms with Crippen LogP contribution in [0.3, 0.4) is 0 Å². The average Bonchev–Trinajstić information content (AvgIpc) is 2.85. The lowest BCUT2D eigenvalue weighted by Gasteiger charge is -1.90. The molecule has 2 atom stereocenters. The molecule has 0 bridgehead atoms. The van der Waals surface area contributed by atoms with E-state index in [1.54, 1.807) is 12.3 Å². The molecule has 0 amide bonds. The van der Waals surface area contributed by atoms with Gasteiger partial charge in [-0.1, -0.05) is 12.1 Å². The number of rotatable bonds is 2. The molecular weight excluding hydrogens is 138 g/mol. The molecule has 0 N–H and O–H groups in total. The first-order chi connectivity index (χ1) is 5.42. The average molecular weight is 147 g/mol. The van der Waals surface area contributed by atoms with Crippen LogP contribution in [0.25, 0.3) is 0 Å². The molecule has 2 nitrogen and oxygen atoms in total. The van der Waals surface area contributed by atoms with Crippen LogP contribution in [-0.2, 0) is 4.74 Å². The molecule has 2 rings (SSSR count). The summed E-state index contributed by atoms with van der Waals surface area (Å²) in [5.41, 5.74) is 0.998. The predicted octanol–water partition coefficient (Wildman–Crippen LogP) is 1.71.